The molecule has 12 heterocycles. The number of aromatic nitrogens is 18. The lowest BCUT2D eigenvalue weighted by molar-refractivity contribution is 0.0935. The molecule has 98 heavy (non-hydrogen) atoms. The number of nitrogens with zero attached hydrogens (tertiary/aromatic N) is 18. The summed E-state index contributed by atoms with van der Waals surface area (Å²) in [4.78, 5) is 69.9. The van der Waals surface area contributed by atoms with Crippen LogP contribution in [0.5, 0.6) is 0 Å². The molecule has 4 aliphatic rings. The average Bonchev–Trinajstić information content (AvgIpc) is 1.64. The van der Waals surface area contributed by atoms with E-state index in [1.54, 1.807) is 68.3 Å². The Morgan fingerprint density at radius 2 is 0.969 bits per heavy atom. The Morgan fingerprint density at radius 3 is 1.40 bits per heavy atom. The number of rotatable bonds is 17. The van der Waals surface area contributed by atoms with Gasteiger partial charge in [0.2, 0.25) is 0 Å². The molecular weight excluding hydrogens is 1330 g/mol. The van der Waals surface area contributed by atoms with Crippen LogP contribution in [0.4, 0.5) is 13.2 Å². The van der Waals surface area contributed by atoms with Crippen LogP contribution in [0.25, 0.3) is 66.6 Å². The van der Waals surface area contributed by atoms with Gasteiger partial charge in [-0.2, -0.15) is 30.6 Å². The molecular formula is C70H68ClF3N18O3S3. The second-order valence-corrected chi connectivity index (χ2v) is 29.4. The summed E-state index contributed by atoms with van der Waals surface area (Å²) in [6.45, 7) is 8.28. The maximum Gasteiger partial charge on any atom is 0.282 e. The number of benzene rings is 3. The maximum atomic E-state index is 13.6. The van der Waals surface area contributed by atoms with Crippen molar-refractivity contribution in [1.82, 2.24) is 88.6 Å². The normalized spacial score (nSPS) is 16.4. The zero-order valence-corrected chi connectivity index (χ0v) is 57.8. The van der Waals surface area contributed by atoms with E-state index < -0.39 is 12.1 Å². The van der Waals surface area contributed by atoms with Crippen LogP contribution in [-0.2, 0) is 60.0 Å². The van der Waals surface area contributed by atoms with Crippen LogP contribution in [-0.4, -0.2) is 106 Å². The number of halogens is 4. The molecule has 0 saturated heterocycles. The van der Waals surface area contributed by atoms with Crippen LogP contribution in [0.15, 0.2) is 104 Å². The highest BCUT2D eigenvalue weighted by atomic mass is 35.5. The molecule has 12 aromatic rings. The predicted molar refractivity (Wildman–Crippen MR) is 368 cm³/mol. The van der Waals surface area contributed by atoms with Gasteiger partial charge in [0.05, 0.1) is 51.7 Å². The first-order valence-corrected chi connectivity index (χ1v) is 35.4. The quantitative estimate of drug-likeness (QED) is 0.0771. The van der Waals surface area contributed by atoms with E-state index in [1.807, 2.05) is 98.0 Å². The maximum absolute atomic E-state index is 13.6. The predicted octanol–water partition coefficient (Wildman–Crippen LogP) is 14.4. The number of ketones is 3. The second kappa shape index (κ2) is 27.9. The third-order valence-corrected chi connectivity index (χ3v) is 21.9. The van der Waals surface area contributed by atoms with E-state index >= 15 is 0 Å². The molecule has 16 rings (SSSR count). The molecule has 3 atom stereocenters. The number of carbonyl (C=O) groups excluding carboxylic acids is 3. The van der Waals surface area contributed by atoms with E-state index in [0.717, 1.165) is 134 Å². The molecule has 3 aliphatic heterocycles. The third-order valence-electron chi connectivity index (χ3n) is 18.3. The van der Waals surface area contributed by atoms with Gasteiger partial charge in [-0.3, -0.25) is 28.4 Å². The third kappa shape index (κ3) is 13.9. The number of fused-ring (bicyclic) bond motifs is 3. The highest BCUT2D eigenvalue weighted by molar-refractivity contribution is 7.19. The summed E-state index contributed by atoms with van der Waals surface area (Å²) in [5.74, 6) is 5.52. The van der Waals surface area contributed by atoms with Crippen LogP contribution < -0.4 is 0 Å². The Hall–Kier alpha value is -9.31. The fraction of sp³-hybridized carbons (Fsp3) is 0.357. The van der Waals surface area contributed by atoms with Crippen molar-refractivity contribution >= 4 is 63.0 Å². The Kier molecular flexibility index (Phi) is 18.8. The topological polar surface area (TPSA) is 235 Å². The van der Waals surface area contributed by atoms with Crippen molar-refractivity contribution in [2.24, 2.45) is 38.9 Å². The minimum atomic E-state index is -2.80. The Labute approximate surface area is 578 Å². The van der Waals surface area contributed by atoms with Crippen LogP contribution in [0, 0.1) is 44.3 Å². The zero-order chi connectivity index (χ0) is 68.0. The van der Waals surface area contributed by atoms with Gasteiger partial charge < -0.3 is 0 Å². The minimum Gasteiger partial charge on any atom is -0.292 e. The van der Waals surface area contributed by atoms with Crippen molar-refractivity contribution < 1.29 is 27.6 Å². The Bertz CT molecular complexity index is 4940. The van der Waals surface area contributed by atoms with Crippen molar-refractivity contribution in [3.8, 4) is 66.6 Å². The van der Waals surface area contributed by atoms with Gasteiger partial charge >= 0.3 is 0 Å². The number of aryl methyl sites for hydroxylation is 9. The molecule has 1 fully saturated rings. The molecule has 0 amide bonds. The molecule has 0 N–H and O–H groups in total. The number of alkyl halides is 2. The van der Waals surface area contributed by atoms with E-state index in [9.17, 15) is 27.6 Å². The summed E-state index contributed by atoms with van der Waals surface area (Å²) in [7, 11) is 5.31. The lowest BCUT2D eigenvalue weighted by atomic mass is 9.91. The van der Waals surface area contributed by atoms with E-state index in [4.69, 9.17) is 26.6 Å². The fourth-order valence-electron chi connectivity index (χ4n) is 13.3. The van der Waals surface area contributed by atoms with Gasteiger partial charge in [-0.25, -0.2) is 57.1 Å². The number of carbonyl (C=O) groups is 3. The van der Waals surface area contributed by atoms with Crippen LogP contribution >= 0.6 is 45.6 Å². The lowest BCUT2D eigenvalue weighted by Crippen LogP contribution is -2.23. The summed E-state index contributed by atoms with van der Waals surface area (Å²) in [5.41, 5.74) is 7.82. The van der Waals surface area contributed by atoms with E-state index in [2.05, 4.69) is 52.5 Å². The van der Waals surface area contributed by atoms with Crippen molar-refractivity contribution in [1.29, 1.82) is 0 Å². The highest BCUT2D eigenvalue weighted by Gasteiger charge is 2.34. The first-order valence-electron chi connectivity index (χ1n) is 32.6. The van der Waals surface area contributed by atoms with E-state index in [0.29, 0.717) is 65.8 Å². The summed E-state index contributed by atoms with van der Waals surface area (Å²) in [6, 6.07) is 26.2. The van der Waals surface area contributed by atoms with Crippen molar-refractivity contribution in [3.63, 3.8) is 0 Å². The molecule has 0 bridgehead atoms. The molecule has 1 aliphatic carbocycles. The monoisotopic (exact) mass is 1400 g/mol. The van der Waals surface area contributed by atoms with Gasteiger partial charge in [0.1, 0.15) is 60.4 Å². The fourth-order valence-corrected chi connectivity index (χ4v) is 16.5. The summed E-state index contributed by atoms with van der Waals surface area (Å²) < 4.78 is 50.3. The van der Waals surface area contributed by atoms with Crippen molar-refractivity contribution in [3.05, 3.63) is 174 Å². The Balaban J connectivity index is 0.000000126. The molecule has 3 aromatic carbocycles. The number of hydrogen-bond donors (Lipinski definition) is 0. The van der Waals surface area contributed by atoms with Crippen LogP contribution in [0.1, 0.15) is 139 Å². The lowest BCUT2D eigenvalue weighted by Gasteiger charge is -2.21. The van der Waals surface area contributed by atoms with Crippen LogP contribution in [0.2, 0.25) is 4.34 Å². The first-order chi connectivity index (χ1) is 47.4. The van der Waals surface area contributed by atoms with Crippen molar-refractivity contribution in [2.75, 3.05) is 0 Å². The molecule has 21 nitrogen and oxygen atoms in total. The second-order valence-electron chi connectivity index (χ2n) is 25.4. The van der Waals surface area contributed by atoms with Gasteiger partial charge in [-0.05, 0) is 88.7 Å². The standard InChI is InChI=1S/C25H26N6OS.C23H24N6OS.C22H18ClF3N6OS/c1-15-23(17-8-9-17)33-25(27-15)19-14-26-30(2)22(19)20(32)12-16-10-11-31-21(13-16)28-24(29-31)18-6-4-3-5-7-18;1-14-21(25-15(2)31-14)18-13-24-28(3)22(18)19(30)11-16-9-10-29-20(12-16)26-23(27-29)17-7-5-4-6-8-17;1-31-18(14(10-27-31)22-29-17(20(25)26)19(23)34-22)15(33)7-11-5-6-32-16(8-11)28-21(30-32)12-3-2-4-13(24)9-12/h3-7,14,16-17H,8-13H2,1-2H3;4-8,13,16H,9-12H2,1-3H3;2-4,9-11,20H,5-8H2,1H3. The van der Waals surface area contributed by atoms with Gasteiger partial charge in [0.25, 0.3) is 6.43 Å². The smallest absolute Gasteiger partial charge is 0.282 e. The molecule has 28 heteroatoms. The Morgan fingerprint density at radius 1 is 0.531 bits per heavy atom. The summed E-state index contributed by atoms with van der Waals surface area (Å²) in [5, 5.41) is 28.9. The van der Waals surface area contributed by atoms with E-state index in [1.165, 1.54) is 40.7 Å². The summed E-state index contributed by atoms with van der Waals surface area (Å²) in [6.07, 6.45) is 10.5. The van der Waals surface area contributed by atoms with Gasteiger partial charge in [-0.1, -0.05) is 84.4 Å². The van der Waals surface area contributed by atoms with Crippen molar-refractivity contribution in [2.45, 2.75) is 123 Å². The molecule has 9 aromatic heterocycles. The molecule has 502 valence electrons. The SMILES string of the molecule is Cc1nc(-c2cnn(C)c2C(=O)CC2CCn3nc(-c4ccccc4)nc3C2)c(C)s1.Cc1nc(-c2cnn(C)c2C(=O)CC2CCn3nc(-c4ccccc4)nc3C2)sc1C1CC1.Cn1ncc(-c2nc(C(F)F)c(Cl)s2)c1C(=O)CC1CCn2nc(-c3cccc(F)c3)nc2C1. The van der Waals surface area contributed by atoms with Gasteiger partial charge in [0.15, 0.2) is 34.8 Å². The summed E-state index contributed by atoms with van der Waals surface area (Å²) >= 11 is 10.2. The molecule has 1 saturated carbocycles. The number of hydrogen-bond acceptors (Lipinski definition) is 18. The molecule has 0 spiro atoms. The van der Waals surface area contributed by atoms with Gasteiger partial charge in [-0.15, -0.1) is 34.0 Å². The molecule has 0 radical (unpaired) electrons. The minimum absolute atomic E-state index is 0.0174. The van der Waals surface area contributed by atoms with Gasteiger partial charge in [0, 0.05) is 106 Å². The zero-order valence-electron chi connectivity index (χ0n) is 54.6. The molecule has 3 unspecified atom stereocenters. The van der Waals surface area contributed by atoms with Crippen LogP contribution in [0.3, 0.4) is 0 Å². The highest BCUT2D eigenvalue weighted by Crippen LogP contribution is 2.47. The van der Waals surface area contributed by atoms with E-state index in [-0.39, 0.29) is 56.7 Å². The number of thiazole rings is 3. The average molecular weight is 1400 g/mol. The first kappa shape index (κ1) is 66.0. The largest absolute Gasteiger partial charge is 0.292 e. The number of Topliss-reactive ketones (excluding diaryl/α,β-unsaturated/α-hetero) is 3.